The third-order valence-electron chi connectivity index (χ3n) is 4.21. The van der Waals surface area contributed by atoms with Crippen LogP contribution in [0.3, 0.4) is 0 Å². The molecule has 124 valence electrons. The van der Waals surface area contributed by atoms with Crippen LogP contribution in [0.2, 0.25) is 0 Å². The van der Waals surface area contributed by atoms with Crippen molar-refractivity contribution in [3.8, 4) is 0 Å². The highest BCUT2D eigenvalue weighted by atomic mass is 16.5. The largest absolute Gasteiger partial charge is 0.377 e. The molecule has 0 bridgehead atoms. The van der Waals surface area contributed by atoms with Gasteiger partial charge in [0.2, 0.25) is 5.89 Å². The van der Waals surface area contributed by atoms with Gasteiger partial charge in [0.1, 0.15) is 6.61 Å². The molecule has 0 aliphatic carbocycles. The van der Waals surface area contributed by atoms with Crippen molar-refractivity contribution < 1.29 is 9.26 Å². The Morgan fingerprint density at radius 3 is 2.78 bits per heavy atom. The number of aromatic nitrogens is 3. The zero-order valence-electron chi connectivity index (χ0n) is 13.7. The van der Waals surface area contributed by atoms with Crippen LogP contribution in [0.15, 0.2) is 28.9 Å². The molecule has 1 saturated heterocycles. The fourth-order valence-electron chi connectivity index (χ4n) is 2.85. The smallest absolute Gasteiger partial charge is 0.240 e. The van der Waals surface area contributed by atoms with Crippen molar-refractivity contribution in [2.75, 3.05) is 33.3 Å². The maximum absolute atomic E-state index is 5.26. The molecule has 0 amide bonds. The number of hydrogen-bond acceptors (Lipinski definition) is 7. The fourth-order valence-corrected chi connectivity index (χ4v) is 2.85. The Morgan fingerprint density at radius 1 is 1.26 bits per heavy atom. The van der Waals surface area contributed by atoms with Crippen LogP contribution in [0.4, 0.5) is 0 Å². The predicted octanol–water partition coefficient (Wildman–Crippen LogP) is 1.49. The summed E-state index contributed by atoms with van der Waals surface area (Å²) in [6, 6.07) is 6.43. The second kappa shape index (κ2) is 7.63. The van der Waals surface area contributed by atoms with Crippen LogP contribution in [-0.4, -0.2) is 58.2 Å². The number of nitrogens with zero attached hydrogens (tertiary/aromatic N) is 5. The van der Waals surface area contributed by atoms with Gasteiger partial charge in [0.05, 0.1) is 12.2 Å². The average Bonchev–Trinajstić information content (AvgIpc) is 3.03. The lowest BCUT2D eigenvalue weighted by Gasteiger charge is -2.37. The zero-order chi connectivity index (χ0) is 16.1. The van der Waals surface area contributed by atoms with E-state index < -0.39 is 0 Å². The van der Waals surface area contributed by atoms with Gasteiger partial charge in [0, 0.05) is 45.5 Å². The van der Waals surface area contributed by atoms with Crippen LogP contribution in [0, 0.1) is 0 Å². The van der Waals surface area contributed by atoms with E-state index in [1.165, 1.54) is 0 Å². The van der Waals surface area contributed by atoms with Gasteiger partial charge in [-0.15, -0.1) is 0 Å². The van der Waals surface area contributed by atoms with E-state index in [9.17, 15) is 0 Å². The summed E-state index contributed by atoms with van der Waals surface area (Å²) < 4.78 is 10.3. The number of hydrogen-bond donors (Lipinski definition) is 0. The van der Waals surface area contributed by atoms with Gasteiger partial charge in [-0.1, -0.05) is 11.2 Å². The minimum Gasteiger partial charge on any atom is -0.377 e. The van der Waals surface area contributed by atoms with E-state index >= 15 is 0 Å². The van der Waals surface area contributed by atoms with E-state index in [-0.39, 0.29) is 0 Å². The molecule has 2 aromatic heterocycles. The van der Waals surface area contributed by atoms with Crippen molar-refractivity contribution in [3.05, 3.63) is 41.8 Å². The molecule has 3 rings (SSSR count). The predicted molar refractivity (Wildman–Crippen MR) is 84.5 cm³/mol. The van der Waals surface area contributed by atoms with E-state index in [0.717, 1.165) is 31.9 Å². The van der Waals surface area contributed by atoms with Crippen molar-refractivity contribution >= 4 is 0 Å². The summed E-state index contributed by atoms with van der Waals surface area (Å²) in [5.74, 6) is 1.26. The lowest BCUT2D eigenvalue weighted by Crippen LogP contribution is -2.46. The number of rotatable bonds is 6. The monoisotopic (exact) mass is 317 g/mol. The Hall–Kier alpha value is -1.83. The third-order valence-corrected chi connectivity index (χ3v) is 4.21. The van der Waals surface area contributed by atoms with Gasteiger partial charge in [-0.3, -0.25) is 14.8 Å². The first kappa shape index (κ1) is 16.0. The first-order valence-electron chi connectivity index (χ1n) is 7.94. The molecule has 0 spiro atoms. The molecule has 1 aliphatic rings. The number of pyridine rings is 1. The van der Waals surface area contributed by atoms with Gasteiger partial charge in [-0.2, -0.15) is 4.98 Å². The Kier molecular flexibility index (Phi) is 5.32. The van der Waals surface area contributed by atoms with Crippen molar-refractivity contribution in [1.29, 1.82) is 0 Å². The third kappa shape index (κ3) is 4.13. The van der Waals surface area contributed by atoms with Crippen LogP contribution in [-0.2, 0) is 17.9 Å². The molecule has 0 aromatic carbocycles. The van der Waals surface area contributed by atoms with Gasteiger partial charge < -0.3 is 9.26 Å². The molecule has 7 nitrogen and oxygen atoms in total. The van der Waals surface area contributed by atoms with Crippen molar-refractivity contribution in [2.45, 2.75) is 26.1 Å². The van der Waals surface area contributed by atoms with Crippen molar-refractivity contribution in [2.24, 2.45) is 0 Å². The highest BCUT2D eigenvalue weighted by Crippen LogP contribution is 2.20. The minimum absolute atomic E-state index is 0.343. The molecular weight excluding hydrogens is 294 g/mol. The van der Waals surface area contributed by atoms with Crippen molar-refractivity contribution in [3.63, 3.8) is 0 Å². The molecule has 1 atom stereocenters. The van der Waals surface area contributed by atoms with Crippen LogP contribution >= 0.6 is 0 Å². The Labute approximate surface area is 136 Å². The molecule has 3 heterocycles. The molecule has 0 N–H and O–H groups in total. The highest BCUT2D eigenvalue weighted by Gasteiger charge is 2.23. The maximum Gasteiger partial charge on any atom is 0.240 e. The standard InChI is InChI=1S/C16H23N5O2/c1-13(14-5-3-4-6-17-14)21-9-7-20(8-10-21)11-16-18-15(12-22-2)19-23-16/h3-6,13H,7-12H2,1-2H3. The quantitative estimate of drug-likeness (QED) is 0.799. The average molecular weight is 317 g/mol. The molecule has 2 aromatic rings. The van der Waals surface area contributed by atoms with Crippen molar-refractivity contribution in [1.82, 2.24) is 24.9 Å². The van der Waals surface area contributed by atoms with Crippen LogP contribution < -0.4 is 0 Å². The minimum atomic E-state index is 0.343. The van der Waals surface area contributed by atoms with Gasteiger partial charge in [0.25, 0.3) is 0 Å². The van der Waals surface area contributed by atoms with E-state index in [2.05, 4.69) is 37.9 Å². The second-order valence-corrected chi connectivity index (χ2v) is 5.78. The number of piperazine rings is 1. The summed E-state index contributed by atoms with van der Waals surface area (Å²) in [5, 5.41) is 3.90. The Balaban J connectivity index is 1.50. The normalized spacial score (nSPS) is 18.2. The van der Waals surface area contributed by atoms with E-state index in [4.69, 9.17) is 9.26 Å². The van der Waals surface area contributed by atoms with Gasteiger partial charge in [0.15, 0.2) is 5.82 Å². The Bertz CT molecular complexity index is 596. The highest BCUT2D eigenvalue weighted by molar-refractivity contribution is 5.08. The number of ether oxygens (including phenoxy) is 1. The maximum atomic E-state index is 5.26. The van der Waals surface area contributed by atoms with E-state index in [1.807, 2.05) is 18.3 Å². The summed E-state index contributed by atoms with van der Waals surface area (Å²) in [5.41, 5.74) is 1.13. The SMILES string of the molecule is COCc1noc(CN2CCN(C(C)c3ccccn3)CC2)n1. The van der Waals surface area contributed by atoms with Crippen LogP contribution in [0.25, 0.3) is 0 Å². The molecule has 0 saturated carbocycles. The molecule has 7 heteroatoms. The van der Waals surface area contributed by atoms with Gasteiger partial charge in [-0.05, 0) is 19.1 Å². The Morgan fingerprint density at radius 2 is 2.09 bits per heavy atom. The first-order chi connectivity index (χ1) is 11.3. The lowest BCUT2D eigenvalue weighted by molar-refractivity contribution is 0.0891. The molecule has 23 heavy (non-hydrogen) atoms. The summed E-state index contributed by atoms with van der Waals surface area (Å²) in [6.07, 6.45) is 1.86. The first-order valence-corrected chi connectivity index (χ1v) is 7.94. The summed E-state index contributed by atoms with van der Waals surface area (Å²) in [7, 11) is 1.62. The van der Waals surface area contributed by atoms with E-state index in [1.54, 1.807) is 7.11 Å². The molecule has 0 radical (unpaired) electrons. The van der Waals surface area contributed by atoms with Crippen LogP contribution in [0.5, 0.6) is 0 Å². The topological polar surface area (TPSA) is 67.5 Å². The molecule has 1 aliphatic heterocycles. The van der Waals surface area contributed by atoms with Gasteiger partial charge in [-0.25, -0.2) is 0 Å². The summed E-state index contributed by atoms with van der Waals surface area (Å²) >= 11 is 0. The second-order valence-electron chi connectivity index (χ2n) is 5.78. The van der Waals surface area contributed by atoms with Gasteiger partial charge >= 0.3 is 0 Å². The zero-order valence-corrected chi connectivity index (χ0v) is 13.7. The summed E-state index contributed by atoms with van der Waals surface area (Å²) in [6.45, 7) is 7.29. The molecule has 1 fully saturated rings. The lowest BCUT2D eigenvalue weighted by atomic mass is 10.1. The molecule has 1 unspecified atom stereocenters. The van der Waals surface area contributed by atoms with Crippen LogP contribution in [0.1, 0.15) is 30.4 Å². The van der Waals surface area contributed by atoms with E-state index in [0.29, 0.717) is 30.9 Å². The summed E-state index contributed by atoms with van der Waals surface area (Å²) in [4.78, 5) is 13.6. The molecular formula is C16H23N5O2. The number of methoxy groups -OCH3 is 1. The fraction of sp³-hybridized carbons (Fsp3) is 0.562.